The highest BCUT2D eigenvalue weighted by Gasteiger charge is 2.09. The molecule has 0 spiro atoms. The van der Waals surface area contributed by atoms with E-state index in [0.717, 1.165) is 22.3 Å². The predicted octanol–water partition coefficient (Wildman–Crippen LogP) is 3.88. The van der Waals surface area contributed by atoms with Crippen molar-refractivity contribution in [1.29, 1.82) is 0 Å². The molecular weight excluding hydrogens is 225 g/mol. The maximum absolute atomic E-state index is 13.4. The van der Waals surface area contributed by atoms with E-state index in [1.807, 2.05) is 6.92 Å². The second-order valence-electron chi connectivity index (χ2n) is 4.76. The van der Waals surface area contributed by atoms with Crippen LogP contribution in [0.5, 0.6) is 0 Å². The first-order valence-corrected chi connectivity index (χ1v) is 6.09. The molecule has 2 heteroatoms. The molecule has 0 saturated heterocycles. The number of rotatable bonds is 2. The minimum absolute atomic E-state index is 0.222. The quantitative estimate of drug-likeness (QED) is 0.851. The van der Waals surface area contributed by atoms with Gasteiger partial charge in [-0.2, -0.15) is 0 Å². The maximum atomic E-state index is 13.4. The van der Waals surface area contributed by atoms with Gasteiger partial charge in [-0.25, -0.2) is 4.39 Å². The minimum atomic E-state index is -0.222. The molecule has 0 atom stereocenters. The fraction of sp³-hybridized carbons (Fsp3) is 0.250. The van der Waals surface area contributed by atoms with Crippen molar-refractivity contribution in [2.75, 3.05) is 0 Å². The van der Waals surface area contributed by atoms with Crippen molar-refractivity contribution in [3.05, 3.63) is 58.4 Å². The van der Waals surface area contributed by atoms with Crippen molar-refractivity contribution in [3.8, 4) is 11.1 Å². The molecular formula is C16H18FN. The molecule has 0 aromatic heterocycles. The van der Waals surface area contributed by atoms with Gasteiger partial charge in [-0.15, -0.1) is 0 Å². The highest BCUT2D eigenvalue weighted by atomic mass is 19.1. The monoisotopic (exact) mass is 243 g/mol. The largest absolute Gasteiger partial charge is 0.326 e. The number of hydrogen-bond acceptors (Lipinski definition) is 1. The number of hydrogen-bond donors (Lipinski definition) is 1. The van der Waals surface area contributed by atoms with Gasteiger partial charge in [0.05, 0.1) is 0 Å². The summed E-state index contributed by atoms with van der Waals surface area (Å²) in [5, 5.41) is 0. The first kappa shape index (κ1) is 12.8. The van der Waals surface area contributed by atoms with Gasteiger partial charge in [-0.1, -0.05) is 18.2 Å². The average molecular weight is 243 g/mol. The zero-order valence-electron chi connectivity index (χ0n) is 11.0. The lowest BCUT2D eigenvalue weighted by Gasteiger charge is -2.13. The van der Waals surface area contributed by atoms with Crippen LogP contribution in [0.4, 0.5) is 4.39 Å². The van der Waals surface area contributed by atoms with E-state index in [9.17, 15) is 4.39 Å². The summed E-state index contributed by atoms with van der Waals surface area (Å²) in [5.74, 6) is -0.222. The van der Waals surface area contributed by atoms with Crippen LogP contribution in [0.1, 0.15) is 22.3 Å². The number of halogens is 1. The SMILES string of the molecule is Cc1cc(C)c(-c2cc(F)ccc2CN)cc1C. The van der Waals surface area contributed by atoms with Crippen LogP contribution in [0.3, 0.4) is 0 Å². The molecule has 2 rings (SSSR count). The Morgan fingerprint density at radius 2 is 1.56 bits per heavy atom. The van der Waals surface area contributed by atoms with Crippen LogP contribution in [-0.4, -0.2) is 0 Å². The van der Waals surface area contributed by atoms with Crippen LogP contribution in [0.2, 0.25) is 0 Å². The Morgan fingerprint density at radius 1 is 0.889 bits per heavy atom. The molecule has 0 unspecified atom stereocenters. The minimum Gasteiger partial charge on any atom is -0.326 e. The molecule has 0 aliphatic heterocycles. The summed E-state index contributed by atoms with van der Waals surface area (Å²) in [4.78, 5) is 0. The van der Waals surface area contributed by atoms with Gasteiger partial charge in [0.15, 0.2) is 0 Å². The topological polar surface area (TPSA) is 26.0 Å². The summed E-state index contributed by atoms with van der Waals surface area (Å²) < 4.78 is 13.4. The summed E-state index contributed by atoms with van der Waals surface area (Å²) in [6.45, 7) is 6.62. The molecule has 0 fully saturated rings. The zero-order chi connectivity index (χ0) is 13.3. The van der Waals surface area contributed by atoms with E-state index in [2.05, 4.69) is 26.0 Å². The maximum Gasteiger partial charge on any atom is 0.123 e. The van der Waals surface area contributed by atoms with E-state index < -0.39 is 0 Å². The smallest absolute Gasteiger partial charge is 0.123 e. The molecule has 0 radical (unpaired) electrons. The Bertz CT molecular complexity index is 588. The molecule has 0 amide bonds. The van der Waals surface area contributed by atoms with Crippen molar-refractivity contribution < 1.29 is 4.39 Å². The van der Waals surface area contributed by atoms with Crippen molar-refractivity contribution in [2.24, 2.45) is 5.73 Å². The highest BCUT2D eigenvalue weighted by Crippen LogP contribution is 2.29. The van der Waals surface area contributed by atoms with E-state index in [1.54, 1.807) is 12.1 Å². The average Bonchev–Trinajstić information content (AvgIpc) is 2.34. The molecule has 0 heterocycles. The standard InChI is InChI=1S/C16H18FN/c1-10-6-12(3)15(7-11(10)2)16-8-14(17)5-4-13(16)9-18/h4-8H,9,18H2,1-3H3. The van der Waals surface area contributed by atoms with Gasteiger partial charge < -0.3 is 5.73 Å². The Kier molecular flexibility index (Phi) is 3.48. The molecule has 0 bridgehead atoms. The van der Waals surface area contributed by atoms with Crippen LogP contribution >= 0.6 is 0 Å². The summed E-state index contributed by atoms with van der Waals surface area (Å²) in [7, 11) is 0. The lowest BCUT2D eigenvalue weighted by Crippen LogP contribution is -2.01. The Hall–Kier alpha value is -1.67. The van der Waals surface area contributed by atoms with Gasteiger partial charge in [0, 0.05) is 6.54 Å². The molecule has 1 nitrogen and oxygen atoms in total. The predicted molar refractivity (Wildman–Crippen MR) is 73.9 cm³/mol. The van der Waals surface area contributed by atoms with E-state index in [-0.39, 0.29) is 5.82 Å². The van der Waals surface area contributed by atoms with Crippen LogP contribution in [0, 0.1) is 26.6 Å². The van der Waals surface area contributed by atoms with Crippen molar-refractivity contribution in [1.82, 2.24) is 0 Å². The molecule has 2 N–H and O–H groups in total. The normalized spacial score (nSPS) is 10.7. The van der Waals surface area contributed by atoms with Gasteiger partial charge in [0.1, 0.15) is 5.82 Å². The first-order chi connectivity index (χ1) is 8.52. The van der Waals surface area contributed by atoms with E-state index in [1.165, 1.54) is 17.2 Å². The van der Waals surface area contributed by atoms with Gasteiger partial charge in [-0.3, -0.25) is 0 Å². The summed E-state index contributed by atoms with van der Waals surface area (Å²) in [6, 6.07) is 9.04. The summed E-state index contributed by atoms with van der Waals surface area (Å²) >= 11 is 0. The van der Waals surface area contributed by atoms with E-state index in [0.29, 0.717) is 6.54 Å². The second kappa shape index (κ2) is 4.91. The third-order valence-corrected chi connectivity index (χ3v) is 3.42. The number of nitrogens with two attached hydrogens (primary N) is 1. The zero-order valence-corrected chi connectivity index (χ0v) is 11.0. The van der Waals surface area contributed by atoms with Crippen LogP contribution in [-0.2, 0) is 6.54 Å². The third-order valence-electron chi connectivity index (χ3n) is 3.42. The second-order valence-corrected chi connectivity index (χ2v) is 4.76. The highest BCUT2D eigenvalue weighted by molar-refractivity contribution is 5.72. The van der Waals surface area contributed by atoms with Crippen molar-refractivity contribution in [2.45, 2.75) is 27.3 Å². The summed E-state index contributed by atoms with van der Waals surface area (Å²) in [5.41, 5.74) is 12.3. The molecule has 0 saturated carbocycles. The number of aryl methyl sites for hydroxylation is 3. The lowest BCUT2D eigenvalue weighted by molar-refractivity contribution is 0.627. The molecule has 2 aromatic rings. The fourth-order valence-electron chi connectivity index (χ4n) is 2.23. The Morgan fingerprint density at radius 3 is 2.22 bits per heavy atom. The molecule has 0 aliphatic carbocycles. The molecule has 18 heavy (non-hydrogen) atoms. The van der Waals surface area contributed by atoms with Gasteiger partial charge >= 0.3 is 0 Å². The van der Waals surface area contributed by atoms with Crippen LogP contribution < -0.4 is 5.73 Å². The van der Waals surface area contributed by atoms with E-state index in [4.69, 9.17) is 5.73 Å². The number of benzene rings is 2. The Balaban J connectivity index is 2.68. The fourth-order valence-corrected chi connectivity index (χ4v) is 2.23. The van der Waals surface area contributed by atoms with E-state index >= 15 is 0 Å². The van der Waals surface area contributed by atoms with Crippen molar-refractivity contribution >= 4 is 0 Å². The van der Waals surface area contributed by atoms with Gasteiger partial charge in [0.2, 0.25) is 0 Å². The lowest BCUT2D eigenvalue weighted by atomic mass is 9.92. The summed E-state index contributed by atoms with van der Waals surface area (Å²) in [6.07, 6.45) is 0. The third kappa shape index (κ3) is 2.29. The van der Waals surface area contributed by atoms with Crippen LogP contribution in [0.15, 0.2) is 30.3 Å². The van der Waals surface area contributed by atoms with Gasteiger partial charge in [-0.05, 0) is 66.3 Å². The molecule has 0 aliphatic rings. The van der Waals surface area contributed by atoms with Crippen LogP contribution in [0.25, 0.3) is 11.1 Å². The van der Waals surface area contributed by atoms with Crippen molar-refractivity contribution in [3.63, 3.8) is 0 Å². The molecule has 94 valence electrons. The van der Waals surface area contributed by atoms with Gasteiger partial charge in [0.25, 0.3) is 0 Å². The molecule has 2 aromatic carbocycles. The first-order valence-electron chi connectivity index (χ1n) is 6.09. The Labute approximate surface area is 107 Å².